The van der Waals surface area contributed by atoms with E-state index in [1.807, 2.05) is 6.92 Å². The lowest BCUT2D eigenvalue weighted by molar-refractivity contribution is 0.185. The van der Waals surface area contributed by atoms with E-state index in [0.717, 1.165) is 6.42 Å². The molecule has 3 N–H and O–H groups in total. The molecule has 0 aliphatic rings. The van der Waals surface area contributed by atoms with Gasteiger partial charge in [-0.25, -0.2) is 15.8 Å². The highest BCUT2D eigenvalue weighted by atomic mass is 16.5. The average Bonchev–Trinajstić information content (AvgIpc) is 2.16. The first kappa shape index (κ1) is 11.7. The molecular weight excluding hydrogens is 192 g/mol. The highest BCUT2D eigenvalue weighted by Crippen LogP contribution is 2.14. The van der Waals surface area contributed by atoms with Crippen molar-refractivity contribution in [3.8, 4) is 5.88 Å². The summed E-state index contributed by atoms with van der Waals surface area (Å²) < 4.78 is 5.62. The number of hydrogen-bond acceptors (Lipinski definition) is 5. The number of nitrogen functional groups attached to an aromatic ring is 1. The van der Waals surface area contributed by atoms with Gasteiger partial charge in [0.2, 0.25) is 5.88 Å². The lowest BCUT2D eigenvalue weighted by Gasteiger charge is -2.15. The molecule has 0 saturated carbocycles. The third-order valence-electron chi connectivity index (χ3n) is 1.92. The van der Waals surface area contributed by atoms with E-state index < -0.39 is 0 Å². The molecule has 1 aromatic rings. The van der Waals surface area contributed by atoms with Crippen LogP contribution in [0.1, 0.15) is 27.2 Å². The smallest absolute Gasteiger partial charge is 0.218 e. The van der Waals surface area contributed by atoms with Crippen molar-refractivity contribution in [2.24, 2.45) is 11.8 Å². The van der Waals surface area contributed by atoms with Crippen molar-refractivity contribution in [3.63, 3.8) is 0 Å². The van der Waals surface area contributed by atoms with Crippen molar-refractivity contribution < 1.29 is 4.74 Å². The Labute approximate surface area is 90.0 Å². The lowest BCUT2D eigenvalue weighted by Crippen LogP contribution is -2.16. The van der Waals surface area contributed by atoms with Gasteiger partial charge in [0, 0.05) is 6.07 Å². The highest BCUT2D eigenvalue weighted by molar-refractivity contribution is 5.35. The summed E-state index contributed by atoms with van der Waals surface area (Å²) in [6, 6.07) is 1.68. The minimum absolute atomic E-state index is 0.144. The van der Waals surface area contributed by atoms with Crippen LogP contribution in [0.15, 0.2) is 12.4 Å². The van der Waals surface area contributed by atoms with Crippen LogP contribution in [0.25, 0.3) is 0 Å². The minimum Gasteiger partial charge on any atom is -0.475 e. The molecule has 1 rings (SSSR count). The molecule has 5 nitrogen and oxygen atoms in total. The topological polar surface area (TPSA) is 73.1 Å². The van der Waals surface area contributed by atoms with Crippen LogP contribution in [0.5, 0.6) is 5.88 Å². The average molecular weight is 210 g/mol. The van der Waals surface area contributed by atoms with Crippen LogP contribution in [0.3, 0.4) is 0 Å². The van der Waals surface area contributed by atoms with E-state index >= 15 is 0 Å². The number of hydrazine groups is 1. The molecule has 0 bridgehead atoms. The van der Waals surface area contributed by atoms with Crippen LogP contribution < -0.4 is 16.0 Å². The van der Waals surface area contributed by atoms with Gasteiger partial charge in [-0.3, -0.25) is 0 Å². The fraction of sp³-hybridized carbons (Fsp3) is 0.600. The zero-order valence-electron chi connectivity index (χ0n) is 9.40. The van der Waals surface area contributed by atoms with Crippen LogP contribution in [-0.4, -0.2) is 16.1 Å². The number of rotatable bonds is 5. The van der Waals surface area contributed by atoms with Gasteiger partial charge in [-0.15, -0.1) is 0 Å². The number of ether oxygens (including phenoxy) is 1. The normalized spacial score (nSPS) is 12.6. The molecule has 0 radical (unpaired) electrons. The van der Waals surface area contributed by atoms with Crippen molar-refractivity contribution in [2.75, 3.05) is 5.43 Å². The predicted octanol–water partition coefficient (Wildman–Crippen LogP) is 1.58. The quantitative estimate of drug-likeness (QED) is 0.570. The summed E-state index contributed by atoms with van der Waals surface area (Å²) in [6.07, 6.45) is 2.56. The maximum absolute atomic E-state index is 5.62. The standard InChI is InChI=1S/C10H18N4O/c1-7(2)4-8(3)15-10-5-9(14-11)12-6-13-10/h5-8H,4,11H2,1-3H3,(H,12,13,14). The van der Waals surface area contributed by atoms with E-state index in [1.165, 1.54) is 6.33 Å². The second-order valence-electron chi connectivity index (χ2n) is 3.94. The highest BCUT2D eigenvalue weighted by Gasteiger charge is 2.07. The summed E-state index contributed by atoms with van der Waals surface area (Å²) in [5.41, 5.74) is 2.45. The first-order valence-corrected chi connectivity index (χ1v) is 5.07. The summed E-state index contributed by atoms with van der Waals surface area (Å²) in [7, 11) is 0. The van der Waals surface area contributed by atoms with Gasteiger partial charge in [0.05, 0.1) is 6.10 Å². The molecule has 0 amide bonds. The van der Waals surface area contributed by atoms with Crippen molar-refractivity contribution in [1.82, 2.24) is 9.97 Å². The number of anilines is 1. The van der Waals surface area contributed by atoms with Crippen molar-refractivity contribution >= 4 is 5.82 Å². The second kappa shape index (κ2) is 5.50. The molecule has 1 unspecified atom stereocenters. The van der Waals surface area contributed by atoms with Crippen molar-refractivity contribution in [2.45, 2.75) is 33.3 Å². The molecule has 0 aliphatic carbocycles. The van der Waals surface area contributed by atoms with Crippen LogP contribution in [0.2, 0.25) is 0 Å². The Hall–Kier alpha value is -1.36. The molecule has 1 atom stereocenters. The molecule has 0 spiro atoms. The molecule has 0 aromatic carbocycles. The molecule has 0 aliphatic heterocycles. The van der Waals surface area contributed by atoms with Crippen LogP contribution >= 0.6 is 0 Å². The van der Waals surface area contributed by atoms with Gasteiger partial charge < -0.3 is 10.2 Å². The van der Waals surface area contributed by atoms with E-state index in [2.05, 4.69) is 29.2 Å². The monoisotopic (exact) mass is 210 g/mol. The Bertz CT molecular complexity index is 303. The Balaban J connectivity index is 2.55. The largest absolute Gasteiger partial charge is 0.475 e. The third kappa shape index (κ3) is 4.12. The van der Waals surface area contributed by atoms with Crippen LogP contribution in [0, 0.1) is 5.92 Å². The minimum atomic E-state index is 0.144. The summed E-state index contributed by atoms with van der Waals surface area (Å²) in [6.45, 7) is 6.34. The van der Waals surface area contributed by atoms with Gasteiger partial charge >= 0.3 is 0 Å². The van der Waals surface area contributed by atoms with Gasteiger partial charge in [-0.1, -0.05) is 13.8 Å². The SMILES string of the molecule is CC(C)CC(C)Oc1cc(NN)ncn1. The second-order valence-corrected chi connectivity index (χ2v) is 3.94. The number of hydrogen-bond donors (Lipinski definition) is 2. The number of nitrogens with zero attached hydrogens (tertiary/aromatic N) is 2. The summed E-state index contributed by atoms with van der Waals surface area (Å²) in [5, 5.41) is 0. The molecule has 0 fully saturated rings. The first-order chi connectivity index (χ1) is 7.11. The zero-order chi connectivity index (χ0) is 11.3. The van der Waals surface area contributed by atoms with E-state index in [9.17, 15) is 0 Å². The van der Waals surface area contributed by atoms with E-state index in [1.54, 1.807) is 6.07 Å². The fourth-order valence-electron chi connectivity index (χ4n) is 1.40. The number of aromatic nitrogens is 2. The van der Waals surface area contributed by atoms with E-state index in [0.29, 0.717) is 17.6 Å². The van der Waals surface area contributed by atoms with E-state index in [-0.39, 0.29) is 6.10 Å². The number of nitrogens with one attached hydrogen (secondary N) is 1. The molecule has 1 aromatic heterocycles. The van der Waals surface area contributed by atoms with Gasteiger partial charge in [0.15, 0.2) is 0 Å². The van der Waals surface area contributed by atoms with Crippen LogP contribution in [-0.2, 0) is 0 Å². The van der Waals surface area contributed by atoms with Crippen molar-refractivity contribution in [3.05, 3.63) is 12.4 Å². The molecule has 1 heterocycles. The Morgan fingerprint density at radius 1 is 1.40 bits per heavy atom. The summed E-state index contributed by atoms with van der Waals surface area (Å²) in [4.78, 5) is 7.90. The molecular formula is C10H18N4O. The first-order valence-electron chi connectivity index (χ1n) is 5.07. The Kier molecular flexibility index (Phi) is 4.30. The maximum Gasteiger partial charge on any atom is 0.218 e. The Morgan fingerprint density at radius 3 is 2.73 bits per heavy atom. The van der Waals surface area contributed by atoms with Crippen molar-refractivity contribution in [1.29, 1.82) is 0 Å². The van der Waals surface area contributed by atoms with Gasteiger partial charge in [-0.05, 0) is 19.3 Å². The van der Waals surface area contributed by atoms with Gasteiger partial charge in [0.25, 0.3) is 0 Å². The maximum atomic E-state index is 5.62. The molecule has 5 heteroatoms. The Morgan fingerprint density at radius 2 is 2.13 bits per heavy atom. The van der Waals surface area contributed by atoms with E-state index in [4.69, 9.17) is 10.6 Å². The molecule has 84 valence electrons. The van der Waals surface area contributed by atoms with Crippen LogP contribution in [0.4, 0.5) is 5.82 Å². The van der Waals surface area contributed by atoms with Gasteiger partial charge in [0.1, 0.15) is 12.1 Å². The van der Waals surface area contributed by atoms with Gasteiger partial charge in [-0.2, -0.15) is 0 Å². The third-order valence-corrected chi connectivity index (χ3v) is 1.92. The number of nitrogens with two attached hydrogens (primary N) is 1. The molecule has 0 saturated heterocycles. The summed E-state index contributed by atoms with van der Waals surface area (Å²) in [5.74, 6) is 6.94. The predicted molar refractivity (Wildman–Crippen MR) is 59.4 cm³/mol. The fourth-order valence-corrected chi connectivity index (χ4v) is 1.40. The zero-order valence-corrected chi connectivity index (χ0v) is 9.40. The lowest BCUT2D eigenvalue weighted by atomic mass is 10.1. The summed E-state index contributed by atoms with van der Waals surface area (Å²) >= 11 is 0. The molecule has 15 heavy (non-hydrogen) atoms.